The number of hydrogen-bond donors (Lipinski definition) is 2. The molecule has 0 unspecified atom stereocenters. The summed E-state index contributed by atoms with van der Waals surface area (Å²) < 4.78 is 0.660. The fourth-order valence-corrected chi connectivity index (χ4v) is 3.84. The lowest BCUT2D eigenvalue weighted by Gasteiger charge is -2.45. The average Bonchev–Trinajstić information content (AvgIpc) is 2.51. The minimum absolute atomic E-state index is 0.183. The molecule has 1 aliphatic heterocycles. The maximum Gasteiger partial charge on any atom is 0.220 e. The molecule has 1 spiro atoms. The summed E-state index contributed by atoms with van der Waals surface area (Å²) in [6.45, 7) is 0. The van der Waals surface area contributed by atoms with Gasteiger partial charge in [0.25, 0.3) is 0 Å². The van der Waals surface area contributed by atoms with Crippen LogP contribution >= 0.6 is 27.5 Å². The lowest BCUT2D eigenvalue weighted by molar-refractivity contribution is 0.305. The second kappa shape index (κ2) is 6.02. The molecule has 2 aliphatic rings. The molecular weight excluding hydrogens is 380 g/mol. The van der Waals surface area contributed by atoms with Crippen LogP contribution in [0.3, 0.4) is 0 Å². The number of guanidine groups is 2. The Morgan fingerprint density at radius 2 is 1.96 bits per heavy atom. The fourth-order valence-electron chi connectivity index (χ4n) is 3.30. The van der Waals surface area contributed by atoms with Crippen molar-refractivity contribution in [2.24, 2.45) is 21.5 Å². The van der Waals surface area contributed by atoms with E-state index >= 15 is 0 Å². The number of benzene rings is 1. The molecule has 4 N–H and O–H groups in total. The first-order valence-corrected chi connectivity index (χ1v) is 8.53. The molecule has 1 aromatic rings. The van der Waals surface area contributed by atoms with Crippen LogP contribution in [0.15, 0.2) is 26.6 Å². The molecule has 1 aromatic carbocycles. The maximum atomic E-state index is 9.56. The van der Waals surface area contributed by atoms with Crippen LogP contribution in [0.2, 0.25) is 5.02 Å². The van der Waals surface area contributed by atoms with Crippen LogP contribution in [0.25, 0.3) is 0 Å². The molecule has 23 heavy (non-hydrogen) atoms. The Hall–Kier alpha value is -1.78. The minimum Gasteiger partial charge on any atom is -0.369 e. The van der Waals surface area contributed by atoms with Crippen molar-refractivity contribution in [3.63, 3.8) is 0 Å². The molecule has 0 saturated heterocycles. The molecule has 0 aromatic heterocycles. The largest absolute Gasteiger partial charge is 0.369 e. The van der Waals surface area contributed by atoms with Crippen molar-refractivity contribution < 1.29 is 0 Å². The first-order valence-electron chi connectivity index (χ1n) is 7.36. The van der Waals surface area contributed by atoms with Gasteiger partial charge in [-0.2, -0.15) is 10.3 Å². The number of aliphatic imine (C=N–C) groups is 2. The Labute approximate surface area is 147 Å². The van der Waals surface area contributed by atoms with E-state index in [-0.39, 0.29) is 11.9 Å². The third-order valence-corrected chi connectivity index (χ3v) is 5.56. The predicted octanol–water partition coefficient (Wildman–Crippen LogP) is 3.08. The van der Waals surface area contributed by atoms with Crippen molar-refractivity contribution in [2.75, 3.05) is 4.90 Å². The third kappa shape index (κ3) is 2.66. The van der Waals surface area contributed by atoms with Gasteiger partial charge in [0.05, 0.1) is 16.3 Å². The molecule has 1 fully saturated rings. The number of halogens is 2. The first kappa shape index (κ1) is 16.1. The Kier molecular flexibility index (Phi) is 4.21. The molecule has 8 heteroatoms. The van der Waals surface area contributed by atoms with Crippen molar-refractivity contribution in [1.82, 2.24) is 0 Å². The summed E-state index contributed by atoms with van der Waals surface area (Å²) in [5.74, 6) is 0.427. The summed E-state index contributed by atoms with van der Waals surface area (Å²) in [4.78, 5) is 10.5. The SMILES string of the molecule is N#Cc1c(N2C(N)=NC(N)=NC23CCCCC3)ccc(Br)c1Cl. The number of hydrogen-bond acceptors (Lipinski definition) is 6. The van der Waals surface area contributed by atoms with Crippen LogP contribution in [0.5, 0.6) is 0 Å². The monoisotopic (exact) mass is 394 g/mol. The van der Waals surface area contributed by atoms with Crippen molar-refractivity contribution in [2.45, 2.75) is 37.8 Å². The van der Waals surface area contributed by atoms with Crippen molar-refractivity contribution in [3.05, 3.63) is 27.2 Å². The lowest BCUT2D eigenvalue weighted by atomic mass is 9.87. The molecule has 0 amide bonds. The van der Waals surface area contributed by atoms with Gasteiger partial charge in [-0.1, -0.05) is 18.0 Å². The van der Waals surface area contributed by atoms with Crippen molar-refractivity contribution in [1.29, 1.82) is 5.26 Å². The Balaban J connectivity index is 2.19. The number of nitrogens with two attached hydrogens (primary N) is 2. The number of nitrogens with zero attached hydrogens (tertiary/aromatic N) is 4. The van der Waals surface area contributed by atoms with Gasteiger partial charge in [-0.25, -0.2) is 4.99 Å². The van der Waals surface area contributed by atoms with E-state index in [1.165, 1.54) is 0 Å². The number of nitriles is 1. The Morgan fingerprint density at radius 1 is 1.26 bits per heavy atom. The highest BCUT2D eigenvalue weighted by molar-refractivity contribution is 9.10. The molecule has 0 bridgehead atoms. The third-order valence-electron chi connectivity index (χ3n) is 4.28. The summed E-state index contributed by atoms with van der Waals surface area (Å²) in [6.07, 6.45) is 4.80. The Morgan fingerprint density at radius 3 is 2.61 bits per heavy atom. The van der Waals surface area contributed by atoms with E-state index in [9.17, 15) is 5.26 Å². The van der Waals surface area contributed by atoms with Gasteiger partial charge in [-0.05, 0) is 53.7 Å². The molecular formula is C15H16BrClN6. The van der Waals surface area contributed by atoms with Gasteiger partial charge in [0, 0.05) is 4.47 Å². The van der Waals surface area contributed by atoms with Crippen LogP contribution in [0.4, 0.5) is 5.69 Å². The molecule has 1 saturated carbocycles. The lowest BCUT2D eigenvalue weighted by Crippen LogP contribution is -2.58. The van der Waals surface area contributed by atoms with Gasteiger partial charge in [0.15, 0.2) is 0 Å². The summed E-state index contributed by atoms with van der Waals surface area (Å²) in [7, 11) is 0. The van der Waals surface area contributed by atoms with Crippen LogP contribution < -0.4 is 16.4 Å². The average molecular weight is 396 g/mol. The number of rotatable bonds is 1. The Bertz CT molecular complexity index is 745. The second-order valence-corrected chi connectivity index (χ2v) is 6.92. The van der Waals surface area contributed by atoms with Crippen LogP contribution in [0, 0.1) is 11.3 Å². The second-order valence-electron chi connectivity index (χ2n) is 5.69. The van der Waals surface area contributed by atoms with E-state index in [0.717, 1.165) is 32.1 Å². The molecule has 0 atom stereocenters. The molecule has 1 aliphatic carbocycles. The zero-order valence-electron chi connectivity index (χ0n) is 12.4. The summed E-state index contributed by atoms with van der Waals surface area (Å²) in [5.41, 5.74) is 12.4. The van der Waals surface area contributed by atoms with E-state index in [0.29, 0.717) is 20.7 Å². The molecule has 3 rings (SSSR count). The zero-order chi connectivity index (χ0) is 16.6. The topological polar surface area (TPSA) is 104 Å². The number of anilines is 1. The highest BCUT2D eigenvalue weighted by atomic mass is 79.9. The molecule has 120 valence electrons. The summed E-state index contributed by atoms with van der Waals surface area (Å²) >= 11 is 9.63. The molecule has 0 radical (unpaired) electrons. The van der Waals surface area contributed by atoms with Crippen LogP contribution in [-0.2, 0) is 0 Å². The fraction of sp³-hybridized carbons (Fsp3) is 0.400. The molecule has 6 nitrogen and oxygen atoms in total. The summed E-state index contributed by atoms with van der Waals surface area (Å²) in [5, 5.41) is 9.91. The smallest absolute Gasteiger partial charge is 0.220 e. The molecule has 1 heterocycles. The zero-order valence-corrected chi connectivity index (χ0v) is 14.7. The van der Waals surface area contributed by atoms with E-state index in [2.05, 4.69) is 32.0 Å². The van der Waals surface area contributed by atoms with Gasteiger partial charge in [-0.3, -0.25) is 4.90 Å². The van der Waals surface area contributed by atoms with Crippen LogP contribution in [-0.4, -0.2) is 17.6 Å². The standard InChI is InChI=1S/C15H16BrClN6/c16-10-4-5-11(9(8-18)12(10)17)23-14(20)21-13(19)22-15(23)6-2-1-3-7-15/h4-5H,1-3,6-7H2,(H4,19,20,21,22). The van der Waals surface area contributed by atoms with Gasteiger partial charge in [-0.15, -0.1) is 0 Å². The van der Waals surface area contributed by atoms with Gasteiger partial charge < -0.3 is 11.5 Å². The highest BCUT2D eigenvalue weighted by Gasteiger charge is 2.43. The van der Waals surface area contributed by atoms with E-state index < -0.39 is 5.66 Å². The predicted molar refractivity (Wildman–Crippen MR) is 95.4 cm³/mol. The van der Waals surface area contributed by atoms with Gasteiger partial charge in [0.2, 0.25) is 11.9 Å². The van der Waals surface area contributed by atoms with Crippen molar-refractivity contribution in [3.8, 4) is 6.07 Å². The van der Waals surface area contributed by atoms with Gasteiger partial charge >= 0.3 is 0 Å². The quantitative estimate of drug-likeness (QED) is 0.762. The van der Waals surface area contributed by atoms with E-state index in [1.54, 1.807) is 6.07 Å². The minimum atomic E-state index is -0.586. The van der Waals surface area contributed by atoms with Crippen molar-refractivity contribution >= 4 is 45.1 Å². The van der Waals surface area contributed by atoms with Gasteiger partial charge in [0.1, 0.15) is 11.7 Å². The first-order chi connectivity index (χ1) is 11.0. The highest BCUT2D eigenvalue weighted by Crippen LogP contribution is 2.42. The van der Waals surface area contributed by atoms with Crippen LogP contribution in [0.1, 0.15) is 37.7 Å². The van der Waals surface area contributed by atoms with E-state index in [4.69, 9.17) is 23.1 Å². The maximum absolute atomic E-state index is 9.56. The van der Waals surface area contributed by atoms with E-state index in [1.807, 2.05) is 11.0 Å². The summed E-state index contributed by atoms with van der Waals surface area (Å²) in [6, 6.07) is 5.77. The normalized spacial score (nSPS) is 20.0.